The van der Waals surface area contributed by atoms with E-state index in [2.05, 4.69) is 13.8 Å². The highest BCUT2D eigenvalue weighted by molar-refractivity contribution is 5.79. The maximum Gasteiger partial charge on any atom is 0.336 e. The Morgan fingerprint density at radius 2 is 1.96 bits per heavy atom. The van der Waals surface area contributed by atoms with E-state index >= 15 is 0 Å². The molecule has 0 saturated carbocycles. The van der Waals surface area contributed by atoms with Gasteiger partial charge in [0.2, 0.25) is 0 Å². The molecule has 0 aliphatic carbocycles. The Kier molecular flexibility index (Phi) is 6.39. The second-order valence-corrected chi connectivity index (χ2v) is 6.07. The van der Waals surface area contributed by atoms with Gasteiger partial charge in [-0.25, -0.2) is 4.79 Å². The van der Waals surface area contributed by atoms with E-state index in [1.54, 1.807) is 24.3 Å². The van der Waals surface area contributed by atoms with Crippen molar-refractivity contribution in [2.24, 2.45) is 5.92 Å². The fourth-order valence-corrected chi connectivity index (χ4v) is 2.54. The number of hydrogen-bond donors (Lipinski definition) is 0. The van der Waals surface area contributed by atoms with Crippen molar-refractivity contribution < 1.29 is 13.9 Å². The number of carbonyl (C=O) groups excluding carboxylic acids is 1. The van der Waals surface area contributed by atoms with E-state index in [-0.39, 0.29) is 5.97 Å². The van der Waals surface area contributed by atoms with Crippen LogP contribution in [-0.2, 0) is 4.79 Å². The third-order valence-corrected chi connectivity index (χ3v) is 3.97. The van der Waals surface area contributed by atoms with E-state index < -0.39 is 5.63 Å². The zero-order chi connectivity index (χ0) is 16.7. The molecule has 0 N–H and O–H groups in total. The van der Waals surface area contributed by atoms with Crippen molar-refractivity contribution in [1.82, 2.24) is 0 Å². The van der Waals surface area contributed by atoms with Crippen molar-refractivity contribution in [2.75, 3.05) is 0 Å². The Balaban J connectivity index is 1.86. The van der Waals surface area contributed by atoms with E-state index in [9.17, 15) is 9.59 Å². The predicted octanol–water partition coefficient (Wildman–Crippen LogP) is 4.70. The van der Waals surface area contributed by atoms with Gasteiger partial charge in [-0.2, -0.15) is 0 Å². The molecule has 0 radical (unpaired) electrons. The van der Waals surface area contributed by atoms with Crippen LogP contribution in [-0.4, -0.2) is 5.97 Å². The number of carbonyl (C=O) groups is 1. The van der Waals surface area contributed by atoms with Gasteiger partial charge in [-0.05, 0) is 30.5 Å². The largest absolute Gasteiger partial charge is 0.426 e. The summed E-state index contributed by atoms with van der Waals surface area (Å²) in [5.74, 6) is 0.698. The molecule has 0 amide bonds. The molecule has 124 valence electrons. The minimum absolute atomic E-state index is 0.245. The van der Waals surface area contributed by atoms with Gasteiger partial charge in [-0.15, -0.1) is 0 Å². The highest BCUT2D eigenvalue weighted by Crippen LogP contribution is 2.21. The number of hydrogen-bond acceptors (Lipinski definition) is 4. The van der Waals surface area contributed by atoms with Crippen molar-refractivity contribution in [3.8, 4) is 5.75 Å². The summed E-state index contributed by atoms with van der Waals surface area (Å²) in [5, 5.41) is 0.800. The summed E-state index contributed by atoms with van der Waals surface area (Å²) in [6, 6.07) is 8.12. The summed E-state index contributed by atoms with van der Waals surface area (Å²) < 4.78 is 10.4. The lowest BCUT2D eigenvalue weighted by molar-refractivity contribution is -0.134. The highest BCUT2D eigenvalue weighted by atomic mass is 16.5. The molecular weight excluding hydrogens is 292 g/mol. The van der Waals surface area contributed by atoms with Crippen LogP contribution in [0.1, 0.15) is 52.4 Å². The maximum atomic E-state index is 11.9. The van der Waals surface area contributed by atoms with Gasteiger partial charge in [0, 0.05) is 23.9 Å². The van der Waals surface area contributed by atoms with E-state index in [4.69, 9.17) is 9.15 Å². The van der Waals surface area contributed by atoms with Crippen LogP contribution >= 0.6 is 0 Å². The quantitative estimate of drug-likeness (QED) is 0.307. The van der Waals surface area contributed by atoms with Crippen LogP contribution in [0.4, 0.5) is 0 Å². The van der Waals surface area contributed by atoms with Gasteiger partial charge in [0.1, 0.15) is 11.3 Å². The number of rotatable bonds is 8. The molecule has 23 heavy (non-hydrogen) atoms. The van der Waals surface area contributed by atoms with Gasteiger partial charge in [-0.1, -0.05) is 39.5 Å². The molecule has 2 aromatic rings. The van der Waals surface area contributed by atoms with Crippen LogP contribution in [0.3, 0.4) is 0 Å². The summed E-state index contributed by atoms with van der Waals surface area (Å²) in [6.45, 7) is 4.36. The van der Waals surface area contributed by atoms with Crippen LogP contribution in [0.15, 0.2) is 39.5 Å². The molecule has 0 bridgehead atoms. The average molecular weight is 316 g/mol. The molecule has 0 aliphatic rings. The Bertz CT molecular complexity index is 702. The Labute approximate surface area is 136 Å². The summed E-state index contributed by atoms with van der Waals surface area (Å²) in [6.07, 6.45) is 6.08. The Hall–Kier alpha value is -2.10. The second-order valence-electron chi connectivity index (χ2n) is 6.07. The molecule has 1 atom stereocenters. The van der Waals surface area contributed by atoms with E-state index in [0.717, 1.165) is 18.2 Å². The zero-order valence-corrected chi connectivity index (χ0v) is 13.8. The van der Waals surface area contributed by atoms with E-state index in [1.165, 1.54) is 25.3 Å². The van der Waals surface area contributed by atoms with Gasteiger partial charge in [-0.3, -0.25) is 4.79 Å². The second kappa shape index (κ2) is 8.51. The number of ether oxygens (including phenoxy) is 1. The molecule has 0 fully saturated rings. The SMILES string of the molecule is CCCCCC(C)CCC(=O)Oc1ccc2ccc(=O)oc2c1. The standard InChI is InChI=1S/C19H24O4/c1-3-4-5-6-14(2)7-11-18(20)22-16-10-8-15-9-12-19(21)23-17(15)13-16/h8-10,12-14H,3-7,11H2,1-2H3. The van der Waals surface area contributed by atoms with Gasteiger partial charge in [0.15, 0.2) is 0 Å². The third-order valence-electron chi connectivity index (χ3n) is 3.97. The molecule has 0 aliphatic heterocycles. The first-order chi connectivity index (χ1) is 11.1. The summed E-state index contributed by atoms with van der Waals surface area (Å²) in [5.41, 5.74) is 0.0117. The van der Waals surface area contributed by atoms with Crippen molar-refractivity contribution in [1.29, 1.82) is 0 Å². The number of unbranched alkanes of at least 4 members (excludes halogenated alkanes) is 2. The molecular formula is C19H24O4. The smallest absolute Gasteiger partial charge is 0.336 e. The van der Waals surface area contributed by atoms with Gasteiger partial charge in [0.25, 0.3) is 0 Å². The fourth-order valence-electron chi connectivity index (χ4n) is 2.54. The molecule has 4 heteroatoms. The zero-order valence-electron chi connectivity index (χ0n) is 13.8. The minimum atomic E-state index is -0.415. The molecule has 2 rings (SSSR count). The van der Waals surface area contributed by atoms with Crippen molar-refractivity contribution >= 4 is 16.9 Å². The first-order valence-electron chi connectivity index (χ1n) is 8.33. The molecule has 4 nitrogen and oxygen atoms in total. The normalized spacial score (nSPS) is 12.3. The van der Waals surface area contributed by atoms with Gasteiger partial charge in [0.05, 0.1) is 0 Å². The number of esters is 1. The molecule has 1 unspecified atom stereocenters. The lowest BCUT2D eigenvalue weighted by atomic mass is 9.98. The van der Waals surface area contributed by atoms with Crippen LogP contribution in [0, 0.1) is 5.92 Å². The molecule has 0 spiro atoms. The fraction of sp³-hybridized carbons (Fsp3) is 0.474. The number of benzene rings is 1. The molecule has 1 aromatic heterocycles. The van der Waals surface area contributed by atoms with E-state index in [1.807, 2.05) is 0 Å². The highest BCUT2D eigenvalue weighted by Gasteiger charge is 2.10. The average Bonchev–Trinajstić information content (AvgIpc) is 2.53. The van der Waals surface area contributed by atoms with Gasteiger partial charge >= 0.3 is 11.6 Å². The Morgan fingerprint density at radius 3 is 2.74 bits per heavy atom. The third kappa shape index (κ3) is 5.55. The van der Waals surface area contributed by atoms with Gasteiger partial charge < -0.3 is 9.15 Å². The summed E-state index contributed by atoms with van der Waals surface area (Å²) in [4.78, 5) is 23.2. The summed E-state index contributed by atoms with van der Waals surface area (Å²) in [7, 11) is 0. The van der Waals surface area contributed by atoms with Crippen LogP contribution in [0.25, 0.3) is 11.0 Å². The monoisotopic (exact) mass is 316 g/mol. The van der Waals surface area contributed by atoms with Crippen molar-refractivity contribution in [3.05, 3.63) is 40.8 Å². The first-order valence-corrected chi connectivity index (χ1v) is 8.33. The number of fused-ring (bicyclic) bond motifs is 1. The maximum absolute atomic E-state index is 11.9. The molecule has 0 saturated heterocycles. The van der Waals surface area contributed by atoms with E-state index in [0.29, 0.717) is 23.7 Å². The Morgan fingerprint density at radius 1 is 1.17 bits per heavy atom. The molecule has 1 heterocycles. The lowest BCUT2D eigenvalue weighted by Gasteiger charge is -2.10. The topological polar surface area (TPSA) is 56.5 Å². The molecule has 1 aromatic carbocycles. The van der Waals surface area contributed by atoms with Crippen molar-refractivity contribution in [2.45, 2.75) is 52.4 Å². The lowest BCUT2D eigenvalue weighted by Crippen LogP contribution is -2.10. The summed E-state index contributed by atoms with van der Waals surface area (Å²) >= 11 is 0. The van der Waals surface area contributed by atoms with Crippen molar-refractivity contribution in [3.63, 3.8) is 0 Å². The van der Waals surface area contributed by atoms with Crippen LogP contribution in [0.5, 0.6) is 5.75 Å². The first kappa shape index (κ1) is 17.3. The van der Waals surface area contributed by atoms with Crippen LogP contribution < -0.4 is 10.4 Å². The minimum Gasteiger partial charge on any atom is -0.426 e. The predicted molar refractivity (Wildman–Crippen MR) is 90.7 cm³/mol. The van der Waals surface area contributed by atoms with Crippen LogP contribution in [0.2, 0.25) is 0 Å².